The van der Waals surface area contributed by atoms with Crippen molar-refractivity contribution in [3.05, 3.63) is 83.4 Å². The minimum Gasteiger partial charge on any atom is -0.461 e. The Kier molecular flexibility index (Phi) is 9.54. The number of rotatable bonds is 10. The molecule has 0 saturated carbocycles. The van der Waals surface area contributed by atoms with Crippen molar-refractivity contribution in [2.45, 2.75) is 26.0 Å². The minimum atomic E-state index is -0.355. The van der Waals surface area contributed by atoms with E-state index in [1.165, 1.54) is 24.3 Å². The maximum atomic E-state index is 13.5. The van der Waals surface area contributed by atoms with E-state index in [0.717, 1.165) is 43.9 Å². The summed E-state index contributed by atoms with van der Waals surface area (Å²) in [4.78, 5) is 16.1. The Morgan fingerprint density at radius 2 is 1.45 bits per heavy atom. The molecule has 0 spiro atoms. The summed E-state index contributed by atoms with van der Waals surface area (Å²) < 4.78 is 37.3. The first kappa shape index (κ1) is 25.0. The topological polar surface area (TPSA) is 42.0 Å². The van der Waals surface area contributed by atoms with E-state index in [2.05, 4.69) is 9.80 Å². The molecule has 5 nitrogen and oxygen atoms in total. The molecule has 1 aliphatic rings. The van der Waals surface area contributed by atoms with Gasteiger partial charge in [0.1, 0.15) is 18.2 Å². The Morgan fingerprint density at radius 1 is 0.909 bits per heavy atom. The van der Waals surface area contributed by atoms with Crippen LogP contribution in [0.15, 0.2) is 60.7 Å². The first-order valence-corrected chi connectivity index (χ1v) is 11.3. The van der Waals surface area contributed by atoms with Gasteiger partial charge in [0.05, 0.1) is 18.8 Å². The molecule has 0 unspecified atom stereocenters. The molecule has 178 valence electrons. The number of carbonyl (C=O) groups is 1. The van der Waals surface area contributed by atoms with Crippen LogP contribution >= 0.6 is 0 Å². The Morgan fingerprint density at radius 3 is 1.97 bits per heavy atom. The van der Waals surface area contributed by atoms with Crippen LogP contribution in [-0.2, 0) is 14.3 Å². The zero-order chi connectivity index (χ0) is 23.6. The van der Waals surface area contributed by atoms with Crippen molar-refractivity contribution in [3.8, 4) is 0 Å². The molecule has 1 saturated heterocycles. The quantitative estimate of drug-likeness (QED) is 0.303. The molecule has 1 heterocycles. The lowest BCUT2D eigenvalue weighted by atomic mass is 9.96. The van der Waals surface area contributed by atoms with Gasteiger partial charge in [-0.3, -0.25) is 9.80 Å². The van der Waals surface area contributed by atoms with Crippen molar-refractivity contribution in [2.24, 2.45) is 0 Å². The molecule has 0 amide bonds. The lowest BCUT2D eigenvalue weighted by Gasteiger charge is -2.39. The molecule has 7 heteroatoms. The molecule has 3 rings (SSSR count). The number of nitrogens with zero attached hydrogens (tertiary/aromatic N) is 2. The fourth-order valence-corrected chi connectivity index (χ4v) is 3.91. The van der Waals surface area contributed by atoms with Gasteiger partial charge in [0.2, 0.25) is 0 Å². The van der Waals surface area contributed by atoms with E-state index in [-0.39, 0.29) is 36.4 Å². The Labute approximate surface area is 194 Å². The van der Waals surface area contributed by atoms with Crippen LogP contribution in [0.2, 0.25) is 0 Å². The number of halogens is 2. The minimum absolute atomic E-state index is 0.0463. The second-order valence-corrected chi connectivity index (χ2v) is 8.37. The molecule has 0 aliphatic carbocycles. The molecule has 1 fully saturated rings. The van der Waals surface area contributed by atoms with Crippen molar-refractivity contribution in [3.63, 3.8) is 0 Å². The second kappa shape index (κ2) is 12.6. The van der Waals surface area contributed by atoms with Crippen molar-refractivity contribution < 1.29 is 23.0 Å². The number of ether oxygens (including phenoxy) is 2. The highest BCUT2D eigenvalue weighted by Gasteiger charge is 2.26. The van der Waals surface area contributed by atoms with E-state index < -0.39 is 0 Å². The van der Waals surface area contributed by atoms with Gasteiger partial charge in [0.15, 0.2) is 0 Å². The fraction of sp³-hybridized carbons (Fsp3) is 0.423. The predicted octanol–water partition coefficient (Wildman–Crippen LogP) is 4.20. The molecule has 33 heavy (non-hydrogen) atoms. The molecule has 0 bridgehead atoms. The van der Waals surface area contributed by atoms with E-state index in [1.807, 2.05) is 12.2 Å². The number of carbonyl (C=O) groups excluding carboxylic acids is 1. The third kappa shape index (κ3) is 8.03. The lowest BCUT2D eigenvalue weighted by molar-refractivity contribution is -0.152. The SMILES string of the molecule is CC(C)OC(=O)COCC=CCN1CCN(C(c2ccc(F)cc2)c2ccc(F)cc2)CC1. The number of hydrogen-bond donors (Lipinski definition) is 0. The van der Waals surface area contributed by atoms with Crippen molar-refractivity contribution in [2.75, 3.05) is 45.9 Å². The highest BCUT2D eigenvalue weighted by Crippen LogP contribution is 2.30. The van der Waals surface area contributed by atoms with Gasteiger partial charge in [-0.2, -0.15) is 0 Å². The van der Waals surface area contributed by atoms with Gasteiger partial charge < -0.3 is 9.47 Å². The van der Waals surface area contributed by atoms with Crippen LogP contribution in [0.5, 0.6) is 0 Å². The summed E-state index contributed by atoms with van der Waals surface area (Å²) in [6, 6.07) is 13.0. The predicted molar refractivity (Wildman–Crippen MR) is 124 cm³/mol. The van der Waals surface area contributed by atoms with Crippen LogP contribution in [0.3, 0.4) is 0 Å². The number of benzene rings is 2. The van der Waals surface area contributed by atoms with E-state index in [4.69, 9.17) is 9.47 Å². The highest BCUT2D eigenvalue weighted by molar-refractivity contribution is 5.70. The van der Waals surface area contributed by atoms with Gasteiger partial charge in [-0.25, -0.2) is 13.6 Å². The number of hydrogen-bond acceptors (Lipinski definition) is 5. The van der Waals surface area contributed by atoms with Crippen LogP contribution in [0.1, 0.15) is 31.0 Å². The summed E-state index contributed by atoms with van der Waals surface area (Å²) in [6.07, 6.45) is 3.82. The van der Waals surface area contributed by atoms with Crippen molar-refractivity contribution in [1.29, 1.82) is 0 Å². The van der Waals surface area contributed by atoms with E-state index in [0.29, 0.717) is 6.61 Å². The first-order chi connectivity index (χ1) is 15.9. The summed E-state index contributed by atoms with van der Waals surface area (Å²) in [6.45, 7) is 8.16. The van der Waals surface area contributed by atoms with Crippen molar-refractivity contribution >= 4 is 5.97 Å². The van der Waals surface area contributed by atoms with Crippen LogP contribution in [0, 0.1) is 11.6 Å². The lowest BCUT2D eigenvalue weighted by Crippen LogP contribution is -2.47. The molecule has 0 atom stereocenters. The largest absolute Gasteiger partial charge is 0.461 e. The van der Waals surface area contributed by atoms with Crippen LogP contribution in [0.25, 0.3) is 0 Å². The number of esters is 1. The van der Waals surface area contributed by atoms with E-state index >= 15 is 0 Å². The zero-order valence-electron chi connectivity index (χ0n) is 19.3. The molecule has 2 aromatic rings. The standard InChI is InChI=1S/C26H32F2N2O3/c1-20(2)33-25(31)19-32-18-4-3-13-29-14-16-30(17-15-29)26(21-5-9-23(27)10-6-21)22-7-11-24(28)12-8-22/h3-12,20,26H,13-19H2,1-2H3. The third-order valence-corrected chi connectivity index (χ3v) is 5.47. The summed E-state index contributed by atoms with van der Waals surface area (Å²) in [7, 11) is 0. The molecule has 1 aliphatic heterocycles. The average Bonchev–Trinajstić information content (AvgIpc) is 2.79. The summed E-state index contributed by atoms with van der Waals surface area (Å²) in [5.74, 6) is -0.894. The average molecular weight is 459 g/mol. The highest BCUT2D eigenvalue weighted by atomic mass is 19.1. The van der Waals surface area contributed by atoms with Gasteiger partial charge in [-0.1, -0.05) is 36.4 Å². The Hall–Kier alpha value is -2.61. The summed E-state index contributed by atoms with van der Waals surface area (Å²) in [5, 5.41) is 0. The molecular weight excluding hydrogens is 426 g/mol. The maximum absolute atomic E-state index is 13.5. The molecule has 2 aromatic carbocycles. The van der Waals surface area contributed by atoms with Crippen LogP contribution in [-0.4, -0.2) is 67.8 Å². The zero-order valence-corrected chi connectivity index (χ0v) is 19.3. The van der Waals surface area contributed by atoms with Gasteiger partial charge in [-0.15, -0.1) is 0 Å². The van der Waals surface area contributed by atoms with Gasteiger partial charge in [-0.05, 0) is 49.2 Å². The van der Waals surface area contributed by atoms with Crippen molar-refractivity contribution in [1.82, 2.24) is 9.80 Å². The first-order valence-electron chi connectivity index (χ1n) is 11.3. The third-order valence-electron chi connectivity index (χ3n) is 5.47. The monoisotopic (exact) mass is 458 g/mol. The van der Waals surface area contributed by atoms with Gasteiger partial charge in [0, 0.05) is 32.7 Å². The molecular formula is C26H32F2N2O3. The second-order valence-electron chi connectivity index (χ2n) is 8.37. The Balaban J connectivity index is 1.50. The number of piperazine rings is 1. The van der Waals surface area contributed by atoms with Crippen LogP contribution in [0.4, 0.5) is 8.78 Å². The van der Waals surface area contributed by atoms with Gasteiger partial charge in [0.25, 0.3) is 0 Å². The maximum Gasteiger partial charge on any atom is 0.332 e. The normalized spacial score (nSPS) is 15.6. The Bertz CT molecular complexity index is 847. The van der Waals surface area contributed by atoms with Gasteiger partial charge >= 0.3 is 5.97 Å². The summed E-state index contributed by atoms with van der Waals surface area (Å²) >= 11 is 0. The van der Waals surface area contributed by atoms with E-state index in [9.17, 15) is 13.6 Å². The molecule has 0 aromatic heterocycles. The molecule has 0 N–H and O–H groups in total. The van der Waals surface area contributed by atoms with Crippen LogP contribution < -0.4 is 0 Å². The fourth-order valence-electron chi connectivity index (χ4n) is 3.91. The smallest absolute Gasteiger partial charge is 0.332 e. The summed E-state index contributed by atoms with van der Waals surface area (Å²) in [5.41, 5.74) is 1.98. The van der Waals surface area contributed by atoms with E-state index in [1.54, 1.807) is 38.1 Å². The molecule has 0 radical (unpaired) electrons.